The molecule has 2 saturated heterocycles. The Morgan fingerprint density at radius 1 is 1.09 bits per heavy atom. The van der Waals surface area contributed by atoms with E-state index in [2.05, 4.69) is 4.90 Å². The Kier molecular flexibility index (Phi) is 16.2. The number of aliphatic hydroxyl groups excluding tert-OH is 1. The lowest BCUT2D eigenvalue weighted by Gasteiger charge is -2.40. The quantitative estimate of drug-likeness (QED) is 0.0600. The highest BCUT2D eigenvalue weighted by Gasteiger charge is 2.48. The third kappa shape index (κ3) is 13.2. The molecule has 3 fully saturated rings. The molecule has 0 radical (unpaired) electrons. The highest BCUT2D eigenvalue weighted by Crippen LogP contribution is 2.38. The molecule has 1 aliphatic carbocycles. The largest absolute Gasteiger partial charge is 0.462 e. The number of allylic oxidation sites excluding steroid dienone is 2. The fourth-order valence-corrected chi connectivity index (χ4v) is 8.27. The average molecular weight is 761 g/mol. The van der Waals surface area contributed by atoms with Gasteiger partial charge < -0.3 is 39.2 Å². The van der Waals surface area contributed by atoms with Crippen LogP contribution in [0.25, 0.3) is 0 Å². The number of cyclic esters (lactones) is 1. The number of epoxide rings is 1. The summed E-state index contributed by atoms with van der Waals surface area (Å²) >= 11 is 0. The summed E-state index contributed by atoms with van der Waals surface area (Å²) in [5, 5.41) is 33.5. The first-order valence-electron chi connectivity index (χ1n) is 20.4. The molecule has 3 aliphatic heterocycles. The Morgan fingerprint density at radius 3 is 2.39 bits per heavy atom. The Balaban J connectivity index is 1.41. The Hall–Kier alpha value is -2.77. The van der Waals surface area contributed by atoms with Crippen molar-refractivity contribution >= 4 is 18.0 Å². The number of esters is 2. The van der Waals surface area contributed by atoms with Crippen molar-refractivity contribution in [1.29, 1.82) is 0 Å². The van der Waals surface area contributed by atoms with E-state index in [1.54, 1.807) is 49.1 Å². The van der Waals surface area contributed by atoms with Gasteiger partial charge in [-0.3, -0.25) is 14.5 Å². The molecule has 3 heterocycles. The van der Waals surface area contributed by atoms with E-state index >= 15 is 0 Å². The lowest BCUT2D eigenvalue weighted by atomic mass is 9.88. The lowest BCUT2D eigenvalue weighted by molar-refractivity contribution is -0.152. The van der Waals surface area contributed by atoms with Gasteiger partial charge in [0.05, 0.1) is 30.3 Å². The van der Waals surface area contributed by atoms with Crippen molar-refractivity contribution in [2.24, 2.45) is 11.8 Å². The predicted molar refractivity (Wildman–Crippen MR) is 205 cm³/mol. The zero-order chi connectivity index (χ0) is 39.6. The molecule has 0 spiro atoms. The van der Waals surface area contributed by atoms with Crippen LogP contribution in [0.5, 0.6) is 0 Å². The molecule has 0 unspecified atom stereocenters. The van der Waals surface area contributed by atoms with E-state index in [1.807, 2.05) is 27.7 Å². The molecule has 12 heteroatoms. The van der Waals surface area contributed by atoms with E-state index < -0.39 is 41.6 Å². The van der Waals surface area contributed by atoms with Crippen molar-refractivity contribution in [3.8, 4) is 0 Å². The fraction of sp³-hybridized carbons (Fsp3) is 0.786. The maximum Gasteiger partial charge on any atom is 0.410 e. The van der Waals surface area contributed by atoms with Crippen molar-refractivity contribution in [2.75, 3.05) is 26.2 Å². The normalized spacial score (nSPS) is 34.0. The topological polar surface area (TPSA) is 159 Å². The van der Waals surface area contributed by atoms with Crippen LogP contribution in [0.4, 0.5) is 4.79 Å². The number of carbonyl (C=O) groups excluding carboxylic acids is 3. The van der Waals surface area contributed by atoms with E-state index in [4.69, 9.17) is 18.9 Å². The minimum atomic E-state index is -1.49. The lowest BCUT2D eigenvalue weighted by Crippen LogP contribution is -2.53. The van der Waals surface area contributed by atoms with Crippen LogP contribution in [0, 0.1) is 11.8 Å². The van der Waals surface area contributed by atoms with Crippen molar-refractivity contribution in [2.45, 2.75) is 173 Å². The number of aliphatic hydroxyl groups is 3. The number of piperazine rings is 1. The standard InChI is InChI=1S/C42H68N2O10/c1-8-34(51-31(5)45)30(4)39-35(52-39)27-41(6,49)20-13-14-28(2)38-29(3)17-18-36(42(7,50)21-19-33(46)26-37(47)54-38)53-40(48)44-24-22-43(23-25-44)32-15-11-9-10-12-16-32/h13-14,17-18,20,29-30,32-36,38-39,46,49-50H,8-12,15-16,19,21-27H2,1-7H3/b18-17-,20-13+,28-14+/t29-,30+,33-,34+,35+,36-,38+,39-,41+,42-/m0/s1. The van der Waals surface area contributed by atoms with Gasteiger partial charge in [-0.2, -0.15) is 0 Å². The van der Waals surface area contributed by atoms with Gasteiger partial charge in [-0.1, -0.05) is 70.8 Å². The smallest absolute Gasteiger partial charge is 0.410 e. The first-order valence-corrected chi connectivity index (χ1v) is 20.4. The van der Waals surface area contributed by atoms with Gasteiger partial charge in [-0.25, -0.2) is 4.79 Å². The molecular weight excluding hydrogens is 692 g/mol. The van der Waals surface area contributed by atoms with Gasteiger partial charge in [0.1, 0.15) is 17.8 Å². The highest BCUT2D eigenvalue weighted by molar-refractivity contribution is 5.70. The van der Waals surface area contributed by atoms with E-state index in [1.165, 1.54) is 45.4 Å². The summed E-state index contributed by atoms with van der Waals surface area (Å²) in [6.45, 7) is 15.1. The fourth-order valence-electron chi connectivity index (χ4n) is 8.27. The summed E-state index contributed by atoms with van der Waals surface area (Å²) in [7, 11) is 0. The molecule has 1 saturated carbocycles. The van der Waals surface area contributed by atoms with Crippen molar-refractivity contribution in [3.05, 3.63) is 36.0 Å². The third-order valence-electron chi connectivity index (χ3n) is 11.8. The average Bonchev–Trinajstić information content (AvgIpc) is 3.92. The SMILES string of the molecule is CC[C@@H](OC(C)=O)[C@@H](C)[C@@H]1O[C@@H]1C[C@](C)(O)/C=C/C=C(\C)[C@H]1OC(=O)C[C@@H](O)CC[C@](C)(O)[C@@H](OC(=O)N2CCN(C3CCCCCC3)CC2)/C=C\[C@@H]1C. The number of carbonyl (C=O) groups is 3. The summed E-state index contributed by atoms with van der Waals surface area (Å²) in [5.74, 6) is -1.28. The van der Waals surface area contributed by atoms with Crippen LogP contribution < -0.4 is 0 Å². The predicted octanol–water partition coefficient (Wildman–Crippen LogP) is 5.62. The van der Waals surface area contributed by atoms with Gasteiger partial charge in [0.15, 0.2) is 6.10 Å². The first kappa shape index (κ1) is 44.0. The van der Waals surface area contributed by atoms with E-state index in [0.29, 0.717) is 37.5 Å². The second-order valence-electron chi connectivity index (χ2n) is 16.8. The van der Waals surface area contributed by atoms with Gasteiger partial charge in [0.25, 0.3) is 0 Å². The number of rotatable bonds is 11. The molecule has 0 aromatic heterocycles. The molecule has 12 nitrogen and oxygen atoms in total. The van der Waals surface area contributed by atoms with Gasteiger partial charge in [-0.05, 0) is 64.5 Å². The number of hydrogen-bond acceptors (Lipinski definition) is 11. The van der Waals surface area contributed by atoms with Gasteiger partial charge >= 0.3 is 18.0 Å². The number of nitrogens with zero attached hydrogens (tertiary/aromatic N) is 2. The zero-order valence-corrected chi connectivity index (χ0v) is 33.8. The molecule has 306 valence electrons. The van der Waals surface area contributed by atoms with Crippen LogP contribution in [0.1, 0.15) is 119 Å². The molecule has 4 rings (SSSR count). The summed E-state index contributed by atoms with van der Waals surface area (Å²) in [6.07, 6.45) is 13.4. The van der Waals surface area contributed by atoms with E-state index in [-0.39, 0.29) is 55.4 Å². The van der Waals surface area contributed by atoms with Crippen molar-refractivity contribution in [1.82, 2.24) is 9.80 Å². The van der Waals surface area contributed by atoms with E-state index in [9.17, 15) is 29.7 Å². The van der Waals surface area contributed by atoms with Crippen molar-refractivity contribution in [3.63, 3.8) is 0 Å². The van der Waals surface area contributed by atoms with Gasteiger partial charge in [-0.15, -0.1) is 0 Å². The molecule has 0 bridgehead atoms. The summed E-state index contributed by atoms with van der Waals surface area (Å²) in [5.41, 5.74) is -1.98. The number of hydrogen-bond donors (Lipinski definition) is 3. The molecule has 54 heavy (non-hydrogen) atoms. The van der Waals surface area contributed by atoms with Crippen LogP contribution in [-0.2, 0) is 28.5 Å². The third-order valence-corrected chi connectivity index (χ3v) is 11.8. The molecule has 4 aliphatic rings. The van der Waals surface area contributed by atoms with Crippen LogP contribution in [0.15, 0.2) is 36.0 Å². The van der Waals surface area contributed by atoms with Gasteiger partial charge in [0.2, 0.25) is 0 Å². The van der Waals surface area contributed by atoms with Gasteiger partial charge in [0, 0.05) is 57.4 Å². The number of amides is 1. The molecular formula is C42H68N2O10. The molecule has 10 atom stereocenters. The Labute approximate surface area is 322 Å². The number of ether oxygens (including phenoxy) is 4. The van der Waals surface area contributed by atoms with Crippen LogP contribution in [0.3, 0.4) is 0 Å². The molecule has 0 aromatic carbocycles. The minimum Gasteiger partial charge on any atom is -0.462 e. The summed E-state index contributed by atoms with van der Waals surface area (Å²) in [4.78, 5) is 42.2. The molecule has 1 amide bonds. The minimum absolute atomic E-state index is 0.00662. The first-order chi connectivity index (χ1) is 25.5. The molecule has 3 N–H and O–H groups in total. The maximum absolute atomic E-state index is 13.5. The van der Waals surface area contributed by atoms with E-state index in [0.717, 1.165) is 13.1 Å². The summed E-state index contributed by atoms with van der Waals surface area (Å²) < 4.78 is 23.2. The highest BCUT2D eigenvalue weighted by atomic mass is 16.6. The Bertz CT molecular complexity index is 1330. The Morgan fingerprint density at radius 2 is 1.76 bits per heavy atom. The zero-order valence-electron chi connectivity index (χ0n) is 33.8. The van der Waals surface area contributed by atoms with Crippen LogP contribution in [0.2, 0.25) is 0 Å². The summed E-state index contributed by atoms with van der Waals surface area (Å²) in [6, 6.07) is 0.575. The second kappa shape index (κ2) is 19.9. The van der Waals surface area contributed by atoms with Crippen molar-refractivity contribution < 1.29 is 48.7 Å². The molecule has 0 aromatic rings. The van der Waals surface area contributed by atoms with Crippen LogP contribution >= 0.6 is 0 Å². The second-order valence-corrected chi connectivity index (χ2v) is 16.8. The maximum atomic E-state index is 13.5. The monoisotopic (exact) mass is 760 g/mol. The van der Waals surface area contributed by atoms with Crippen LogP contribution in [-0.4, -0.2) is 123 Å².